The van der Waals surface area contributed by atoms with Crippen LogP contribution in [-0.2, 0) is 15.7 Å². The van der Waals surface area contributed by atoms with E-state index in [9.17, 15) is 18.0 Å². The normalized spacial score (nSPS) is 23.9. The molecule has 2 nitrogen and oxygen atoms in total. The van der Waals surface area contributed by atoms with Gasteiger partial charge in [0.1, 0.15) is 18.5 Å². The van der Waals surface area contributed by atoms with E-state index < -0.39 is 11.7 Å². The third-order valence-corrected chi connectivity index (χ3v) is 2.45. The molecule has 0 amide bonds. The molecule has 1 heterocycles. The maximum absolute atomic E-state index is 12.5. The molecule has 1 aliphatic heterocycles. The van der Waals surface area contributed by atoms with Crippen LogP contribution in [0.3, 0.4) is 0 Å². The number of hydrogen-bond donors (Lipinski definition) is 0. The van der Waals surface area contributed by atoms with Crippen LogP contribution in [0.1, 0.15) is 17.2 Å². The smallest absolute Gasteiger partial charge is 0.360 e. The number of allylic oxidation sites excluding steroid dienone is 1. The van der Waals surface area contributed by atoms with E-state index in [1.807, 2.05) is 0 Å². The van der Waals surface area contributed by atoms with Crippen molar-refractivity contribution in [2.24, 2.45) is 0 Å². The van der Waals surface area contributed by atoms with Crippen LogP contribution in [0.5, 0.6) is 0 Å². The van der Waals surface area contributed by atoms with Crippen molar-refractivity contribution in [3.8, 4) is 0 Å². The number of hydrogen-bond acceptors (Lipinski definition) is 2. The molecular formula is C12H9F3O2. The van der Waals surface area contributed by atoms with Gasteiger partial charge in [-0.3, -0.25) is 4.79 Å². The summed E-state index contributed by atoms with van der Waals surface area (Å²) in [5.41, 5.74) is -0.219. The SMILES string of the molecule is O=C/C=C/[C@@H]1O[C@H]1c1cccc(C(F)(F)F)c1. The molecule has 1 fully saturated rings. The molecule has 1 aromatic rings. The first kappa shape index (κ1) is 11.9. The minimum Gasteiger partial charge on any atom is -0.360 e. The molecule has 17 heavy (non-hydrogen) atoms. The van der Waals surface area contributed by atoms with Gasteiger partial charge in [0.05, 0.1) is 5.56 Å². The molecule has 0 aromatic heterocycles. The van der Waals surface area contributed by atoms with Crippen LogP contribution in [0.2, 0.25) is 0 Å². The van der Waals surface area contributed by atoms with Crippen molar-refractivity contribution < 1.29 is 22.7 Å². The van der Waals surface area contributed by atoms with Gasteiger partial charge in [-0.15, -0.1) is 0 Å². The minimum atomic E-state index is -4.35. The standard InChI is InChI=1S/C12H9F3O2/c13-12(14,15)9-4-1-3-8(7-9)11-10(17-11)5-2-6-16/h1-7,10-11H/b5-2+/t10-,11-/m0/s1. The fourth-order valence-electron chi connectivity index (χ4n) is 1.59. The van der Waals surface area contributed by atoms with Gasteiger partial charge in [-0.1, -0.05) is 12.1 Å². The first-order valence-electron chi connectivity index (χ1n) is 4.97. The summed E-state index contributed by atoms with van der Waals surface area (Å²) in [5.74, 6) is 0. The van der Waals surface area contributed by atoms with Crippen LogP contribution in [0.4, 0.5) is 13.2 Å². The average Bonchev–Trinajstić information content (AvgIpc) is 3.05. The van der Waals surface area contributed by atoms with E-state index in [-0.39, 0.29) is 12.2 Å². The molecule has 0 N–H and O–H groups in total. The fraction of sp³-hybridized carbons (Fsp3) is 0.250. The van der Waals surface area contributed by atoms with Crippen LogP contribution in [-0.4, -0.2) is 12.4 Å². The van der Waals surface area contributed by atoms with Crippen LogP contribution in [0.15, 0.2) is 36.4 Å². The summed E-state index contributed by atoms with van der Waals surface area (Å²) in [6.07, 6.45) is -1.63. The second-order valence-corrected chi connectivity index (χ2v) is 3.67. The Bertz CT molecular complexity index is 451. The lowest BCUT2D eigenvalue weighted by molar-refractivity contribution is -0.137. The molecule has 1 aromatic carbocycles. The molecule has 90 valence electrons. The van der Waals surface area contributed by atoms with Gasteiger partial charge in [0.2, 0.25) is 0 Å². The number of alkyl halides is 3. The van der Waals surface area contributed by atoms with Gasteiger partial charge in [0.25, 0.3) is 0 Å². The van der Waals surface area contributed by atoms with Gasteiger partial charge in [0.15, 0.2) is 0 Å². The summed E-state index contributed by atoms with van der Waals surface area (Å²) in [6.45, 7) is 0. The zero-order chi connectivity index (χ0) is 12.5. The lowest BCUT2D eigenvalue weighted by Crippen LogP contribution is -2.05. The van der Waals surface area contributed by atoms with E-state index in [1.54, 1.807) is 6.07 Å². The molecular weight excluding hydrogens is 233 g/mol. The highest BCUT2D eigenvalue weighted by Crippen LogP contribution is 2.41. The molecule has 0 bridgehead atoms. The Morgan fingerprint density at radius 2 is 2.06 bits per heavy atom. The highest BCUT2D eigenvalue weighted by atomic mass is 19.4. The highest BCUT2D eigenvalue weighted by molar-refractivity contribution is 5.65. The van der Waals surface area contributed by atoms with Crippen molar-refractivity contribution in [2.75, 3.05) is 0 Å². The van der Waals surface area contributed by atoms with Crippen molar-refractivity contribution in [1.29, 1.82) is 0 Å². The van der Waals surface area contributed by atoms with Gasteiger partial charge in [-0.05, 0) is 29.8 Å². The number of rotatable bonds is 3. The van der Waals surface area contributed by atoms with Gasteiger partial charge in [-0.2, -0.15) is 13.2 Å². The highest BCUT2D eigenvalue weighted by Gasteiger charge is 2.39. The summed E-state index contributed by atoms with van der Waals surface area (Å²) in [4.78, 5) is 10.1. The number of carbonyl (C=O) groups excluding carboxylic acids is 1. The third kappa shape index (κ3) is 2.74. The van der Waals surface area contributed by atoms with Gasteiger partial charge >= 0.3 is 6.18 Å². The van der Waals surface area contributed by atoms with E-state index in [1.165, 1.54) is 18.2 Å². The predicted molar refractivity (Wildman–Crippen MR) is 54.3 cm³/mol. The second kappa shape index (κ2) is 4.33. The number of aldehydes is 1. The first-order chi connectivity index (χ1) is 8.02. The maximum Gasteiger partial charge on any atom is 0.416 e. The number of halogens is 3. The van der Waals surface area contributed by atoms with Crippen LogP contribution < -0.4 is 0 Å². The van der Waals surface area contributed by atoms with Gasteiger partial charge in [-0.25, -0.2) is 0 Å². The molecule has 0 unspecified atom stereocenters. The molecule has 1 saturated heterocycles. The Kier molecular flexibility index (Phi) is 3.02. The van der Waals surface area contributed by atoms with E-state index in [2.05, 4.69) is 0 Å². The van der Waals surface area contributed by atoms with Gasteiger partial charge < -0.3 is 4.74 Å². The molecule has 0 aliphatic carbocycles. The summed E-state index contributed by atoms with van der Waals surface area (Å²) in [5, 5.41) is 0. The lowest BCUT2D eigenvalue weighted by Gasteiger charge is -2.07. The zero-order valence-corrected chi connectivity index (χ0v) is 8.65. The summed E-state index contributed by atoms with van der Waals surface area (Å²) in [7, 11) is 0. The van der Waals surface area contributed by atoms with Crippen LogP contribution >= 0.6 is 0 Å². The fourth-order valence-corrected chi connectivity index (χ4v) is 1.59. The Labute approximate surface area is 95.7 Å². The number of benzene rings is 1. The third-order valence-electron chi connectivity index (χ3n) is 2.45. The zero-order valence-electron chi connectivity index (χ0n) is 8.65. The van der Waals surface area contributed by atoms with Crippen molar-refractivity contribution in [3.05, 3.63) is 47.5 Å². The molecule has 0 radical (unpaired) electrons. The predicted octanol–water partition coefficient (Wildman–Crippen LogP) is 2.90. The molecule has 5 heteroatoms. The monoisotopic (exact) mass is 242 g/mol. The second-order valence-electron chi connectivity index (χ2n) is 3.67. The number of epoxide rings is 1. The summed E-state index contributed by atoms with van der Waals surface area (Å²) in [6, 6.07) is 5.01. The Balaban J connectivity index is 2.14. The number of carbonyl (C=O) groups is 1. The minimum absolute atomic E-state index is 0.302. The van der Waals surface area contributed by atoms with Crippen molar-refractivity contribution in [1.82, 2.24) is 0 Å². The van der Waals surface area contributed by atoms with Gasteiger partial charge in [0, 0.05) is 0 Å². The maximum atomic E-state index is 12.5. The number of ether oxygens (including phenoxy) is 1. The van der Waals surface area contributed by atoms with Crippen molar-refractivity contribution >= 4 is 6.29 Å². The largest absolute Gasteiger partial charge is 0.416 e. The van der Waals surface area contributed by atoms with E-state index >= 15 is 0 Å². The molecule has 1 aliphatic rings. The Morgan fingerprint density at radius 3 is 2.71 bits per heavy atom. The summed E-state index contributed by atoms with van der Waals surface area (Å²) >= 11 is 0. The molecule has 0 saturated carbocycles. The van der Waals surface area contributed by atoms with Crippen molar-refractivity contribution in [2.45, 2.75) is 18.4 Å². The molecule has 2 rings (SSSR count). The van der Waals surface area contributed by atoms with E-state index in [0.717, 1.165) is 12.1 Å². The van der Waals surface area contributed by atoms with Crippen molar-refractivity contribution in [3.63, 3.8) is 0 Å². The average molecular weight is 242 g/mol. The Morgan fingerprint density at radius 1 is 1.29 bits per heavy atom. The Hall–Kier alpha value is -1.62. The summed E-state index contributed by atoms with van der Waals surface area (Å²) < 4.78 is 42.5. The van der Waals surface area contributed by atoms with Crippen LogP contribution in [0, 0.1) is 0 Å². The van der Waals surface area contributed by atoms with E-state index in [0.29, 0.717) is 11.8 Å². The van der Waals surface area contributed by atoms with E-state index in [4.69, 9.17) is 4.74 Å². The lowest BCUT2D eigenvalue weighted by atomic mass is 10.1. The first-order valence-corrected chi connectivity index (χ1v) is 4.97. The topological polar surface area (TPSA) is 29.6 Å². The van der Waals surface area contributed by atoms with Crippen LogP contribution in [0.25, 0.3) is 0 Å². The molecule has 0 spiro atoms. The molecule has 2 atom stereocenters. The quantitative estimate of drug-likeness (QED) is 0.463.